The lowest BCUT2D eigenvalue weighted by Crippen LogP contribution is -2.12. The van der Waals surface area contributed by atoms with Gasteiger partial charge in [-0.05, 0) is 19.3 Å². The zero-order chi connectivity index (χ0) is 11.5. The largest absolute Gasteiger partial charge is 0.335 e. The second-order valence-corrected chi connectivity index (χ2v) is 4.98. The first-order chi connectivity index (χ1) is 7.68. The van der Waals surface area contributed by atoms with Gasteiger partial charge in [-0.2, -0.15) is 0 Å². The highest BCUT2D eigenvalue weighted by Crippen LogP contribution is 2.25. The molecule has 1 saturated carbocycles. The molecule has 1 aliphatic rings. The Labute approximate surface area is 96.9 Å². The van der Waals surface area contributed by atoms with Crippen molar-refractivity contribution in [3.05, 3.63) is 18.2 Å². The molecule has 0 aliphatic heterocycles. The van der Waals surface area contributed by atoms with E-state index in [0.717, 1.165) is 38.1 Å². The summed E-state index contributed by atoms with van der Waals surface area (Å²) in [7, 11) is 0. The summed E-state index contributed by atoms with van der Waals surface area (Å²) in [6.45, 7) is 5.24. The number of aromatic nitrogens is 2. The smallest absolute Gasteiger partial charge is 0.136 e. The van der Waals surface area contributed by atoms with Crippen LogP contribution in [0.15, 0.2) is 12.4 Å². The number of imidazole rings is 1. The van der Waals surface area contributed by atoms with Gasteiger partial charge in [0, 0.05) is 37.2 Å². The van der Waals surface area contributed by atoms with Gasteiger partial charge in [-0.15, -0.1) is 0 Å². The summed E-state index contributed by atoms with van der Waals surface area (Å²) in [6.07, 6.45) is 7.83. The monoisotopic (exact) mass is 220 g/mol. The van der Waals surface area contributed by atoms with Gasteiger partial charge in [0.1, 0.15) is 11.6 Å². The minimum Gasteiger partial charge on any atom is -0.335 e. The van der Waals surface area contributed by atoms with E-state index in [0.29, 0.717) is 17.6 Å². The Kier molecular flexibility index (Phi) is 3.42. The van der Waals surface area contributed by atoms with Crippen LogP contribution in [0.5, 0.6) is 0 Å². The summed E-state index contributed by atoms with van der Waals surface area (Å²) >= 11 is 0. The molecule has 1 heterocycles. The summed E-state index contributed by atoms with van der Waals surface area (Å²) in [4.78, 5) is 15.9. The van der Waals surface area contributed by atoms with E-state index in [-0.39, 0.29) is 0 Å². The molecule has 0 bridgehead atoms. The molecule has 1 aromatic heterocycles. The predicted octanol–water partition coefficient (Wildman–Crippen LogP) is 2.77. The number of Topliss-reactive ketones (excluding diaryl/α,β-unsaturated/α-hetero) is 1. The van der Waals surface area contributed by atoms with E-state index in [1.54, 1.807) is 0 Å². The van der Waals surface area contributed by atoms with E-state index >= 15 is 0 Å². The maximum Gasteiger partial charge on any atom is 0.136 e. The Balaban J connectivity index is 1.94. The number of ketones is 1. The van der Waals surface area contributed by atoms with Crippen molar-refractivity contribution in [1.82, 2.24) is 9.55 Å². The fourth-order valence-electron chi connectivity index (χ4n) is 2.50. The third-order valence-corrected chi connectivity index (χ3v) is 3.41. The molecule has 0 aromatic carbocycles. The van der Waals surface area contributed by atoms with Gasteiger partial charge in [-0.1, -0.05) is 13.8 Å². The van der Waals surface area contributed by atoms with Crippen LogP contribution in [0.2, 0.25) is 0 Å². The number of hydrogen-bond donors (Lipinski definition) is 0. The molecule has 88 valence electrons. The standard InChI is InChI=1S/C13H20N2O/c1-10(2)13-14-7-9-15(13)8-6-11-4-3-5-12(11)16/h7,9-11H,3-6,8H2,1-2H3. The number of aryl methyl sites for hydroxylation is 1. The molecule has 0 amide bonds. The third-order valence-electron chi connectivity index (χ3n) is 3.41. The van der Waals surface area contributed by atoms with Crippen LogP contribution in [0.3, 0.4) is 0 Å². The van der Waals surface area contributed by atoms with Crippen LogP contribution in [-0.2, 0) is 11.3 Å². The average molecular weight is 220 g/mol. The molecule has 16 heavy (non-hydrogen) atoms. The van der Waals surface area contributed by atoms with E-state index in [2.05, 4.69) is 23.4 Å². The fraction of sp³-hybridized carbons (Fsp3) is 0.692. The fourth-order valence-corrected chi connectivity index (χ4v) is 2.50. The number of nitrogens with zero attached hydrogens (tertiary/aromatic N) is 2. The van der Waals surface area contributed by atoms with E-state index in [1.165, 1.54) is 0 Å². The normalized spacial score (nSPS) is 20.9. The second kappa shape index (κ2) is 4.81. The molecule has 1 atom stereocenters. The zero-order valence-electron chi connectivity index (χ0n) is 10.1. The van der Waals surface area contributed by atoms with Gasteiger partial charge < -0.3 is 4.57 Å². The number of rotatable bonds is 4. The summed E-state index contributed by atoms with van der Waals surface area (Å²) in [6, 6.07) is 0. The van der Waals surface area contributed by atoms with Gasteiger partial charge in [0.15, 0.2) is 0 Å². The van der Waals surface area contributed by atoms with Gasteiger partial charge in [0.05, 0.1) is 0 Å². The minimum atomic E-state index is 0.308. The molecule has 0 spiro atoms. The predicted molar refractivity (Wildman–Crippen MR) is 63.3 cm³/mol. The summed E-state index contributed by atoms with van der Waals surface area (Å²) < 4.78 is 2.19. The molecule has 1 unspecified atom stereocenters. The summed E-state index contributed by atoms with van der Waals surface area (Å²) in [5.74, 6) is 2.35. The average Bonchev–Trinajstić information content (AvgIpc) is 2.83. The molecule has 3 heteroatoms. The Morgan fingerprint density at radius 2 is 2.38 bits per heavy atom. The lowest BCUT2D eigenvalue weighted by Gasteiger charge is -2.12. The Bertz CT molecular complexity index is 368. The van der Waals surface area contributed by atoms with Crippen LogP contribution in [0.4, 0.5) is 0 Å². The maximum absolute atomic E-state index is 11.5. The van der Waals surface area contributed by atoms with Crippen LogP contribution in [0.25, 0.3) is 0 Å². The molecule has 1 fully saturated rings. The molecule has 3 nitrogen and oxygen atoms in total. The van der Waals surface area contributed by atoms with Gasteiger partial charge in [0.25, 0.3) is 0 Å². The lowest BCUT2D eigenvalue weighted by molar-refractivity contribution is -0.120. The summed E-state index contributed by atoms with van der Waals surface area (Å²) in [5, 5.41) is 0. The highest BCUT2D eigenvalue weighted by atomic mass is 16.1. The Morgan fingerprint density at radius 3 is 3.00 bits per heavy atom. The number of carbonyl (C=O) groups excluding carboxylic acids is 1. The molecule has 0 radical (unpaired) electrons. The van der Waals surface area contributed by atoms with Crippen molar-refractivity contribution in [3.8, 4) is 0 Å². The van der Waals surface area contributed by atoms with Crippen molar-refractivity contribution in [1.29, 1.82) is 0 Å². The summed E-state index contributed by atoms with van der Waals surface area (Å²) in [5.41, 5.74) is 0. The van der Waals surface area contributed by atoms with Gasteiger partial charge in [0.2, 0.25) is 0 Å². The van der Waals surface area contributed by atoms with Crippen molar-refractivity contribution < 1.29 is 4.79 Å². The quantitative estimate of drug-likeness (QED) is 0.782. The topological polar surface area (TPSA) is 34.9 Å². The van der Waals surface area contributed by atoms with Crippen LogP contribution >= 0.6 is 0 Å². The van der Waals surface area contributed by atoms with E-state index in [9.17, 15) is 4.79 Å². The van der Waals surface area contributed by atoms with Crippen molar-refractivity contribution in [3.63, 3.8) is 0 Å². The molecular weight excluding hydrogens is 200 g/mol. The molecule has 1 aliphatic carbocycles. The van der Waals surface area contributed by atoms with Crippen LogP contribution in [0.1, 0.15) is 51.3 Å². The molecule has 0 N–H and O–H groups in total. The first-order valence-corrected chi connectivity index (χ1v) is 6.22. The highest BCUT2D eigenvalue weighted by molar-refractivity contribution is 5.82. The van der Waals surface area contributed by atoms with Crippen molar-refractivity contribution >= 4 is 5.78 Å². The Hall–Kier alpha value is -1.12. The molecule has 2 rings (SSSR count). The van der Waals surface area contributed by atoms with Crippen molar-refractivity contribution in [2.24, 2.45) is 5.92 Å². The molecular formula is C13H20N2O. The first-order valence-electron chi connectivity index (χ1n) is 6.22. The van der Waals surface area contributed by atoms with Crippen LogP contribution < -0.4 is 0 Å². The Morgan fingerprint density at radius 1 is 1.56 bits per heavy atom. The first kappa shape index (κ1) is 11.4. The number of carbonyl (C=O) groups is 1. The third kappa shape index (κ3) is 2.34. The second-order valence-electron chi connectivity index (χ2n) is 4.98. The van der Waals surface area contributed by atoms with Crippen LogP contribution in [-0.4, -0.2) is 15.3 Å². The zero-order valence-corrected chi connectivity index (χ0v) is 10.1. The van der Waals surface area contributed by atoms with E-state index in [1.807, 2.05) is 12.4 Å². The minimum absolute atomic E-state index is 0.308. The SMILES string of the molecule is CC(C)c1nccn1CCC1CCCC1=O. The van der Waals surface area contributed by atoms with E-state index in [4.69, 9.17) is 0 Å². The van der Waals surface area contributed by atoms with Crippen LogP contribution in [0, 0.1) is 5.92 Å². The highest BCUT2D eigenvalue weighted by Gasteiger charge is 2.24. The molecule has 1 aromatic rings. The number of hydrogen-bond acceptors (Lipinski definition) is 2. The van der Waals surface area contributed by atoms with Crippen molar-refractivity contribution in [2.75, 3.05) is 0 Å². The van der Waals surface area contributed by atoms with Gasteiger partial charge in [-0.25, -0.2) is 4.98 Å². The lowest BCUT2D eigenvalue weighted by atomic mass is 10.0. The van der Waals surface area contributed by atoms with Gasteiger partial charge in [-0.3, -0.25) is 4.79 Å². The van der Waals surface area contributed by atoms with Crippen molar-refractivity contribution in [2.45, 2.75) is 52.0 Å². The van der Waals surface area contributed by atoms with Gasteiger partial charge >= 0.3 is 0 Å². The maximum atomic E-state index is 11.5. The van der Waals surface area contributed by atoms with E-state index < -0.39 is 0 Å². The molecule has 0 saturated heterocycles.